The summed E-state index contributed by atoms with van der Waals surface area (Å²) in [5.74, 6) is -0.590. The van der Waals surface area contributed by atoms with Gasteiger partial charge in [0.25, 0.3) is 10.0 Å². The molecule has 3 aromatic carbocycles. The van der Waals surface area contributed by atoms with E-state index in [-0.39, 0.29) is 10.6 Å². The van der Waals surface area contributed by atoms with E-state index in [0.717, 1.165) is 5.56 Å². The van der Waals surface area contributed by atoms with Crippen LogP contribution in [-0.2, 0) is 14.8 Å². The summed E-state index contributed by atoms with van der Waals surface area (Å²) in [7, 11) is -2.68. The summed E-state index contributed by atoms with van der Waals surface area (Å²) in [6, 6.07) is 24.8. The third kappa shape index (κ3) is 3.37. The molecule has 33 heavy (non-hydrogen) atoms. The van der Waals surface area contributed by atoms with E-state index in [0.29, 0.717) is 33.1 Å². The minimum absolute atomic E-state index is 0.111. The van der Waals surface area contributed by atoms with Gasteiger partial charge in [0.05, 0.1) is 28.7 Å². The number of rotatable bonds is 4. The summed E-state index contributed by atoms with van der Waals surface area (Å²) < 4.78 is 34.1. The third-order valence-corrected chi connectivity index (χ3v) is 7.34. The Kier molecular flexibility index (Phi) is 4.98. The van der Waals surface area contributed by atoms with E-state index in [4.69, 9.17) is 4.74 Å². The minimum atomic E-state index is -3.97. The fourth-order valence-electron chi connectivity index (χ4n) is 4.02. The van der Waals surface area contributed by atoms with Gasteiger partial charge in [-0.2, -0.15) is 0 Å². The molecule has 0 amide bonds. The zero-order valence-electron chi connectivity index (χ0n) is 18.0. The Morgan fingerprint density at radius 3 is 2.24 bits per heavy atom. The highest BCUT2D eigenvalue weighted by Gasteiger charge is 2.27. The van der Waals surface area contributed by atoms with Gasteiger partial charge in [-0.25, -0.2) is 22.2 Å². The average molecular weight is 457 g/mol. The Hall–Kier alpha value is -3.97. The predicted octanol–water partition coefficient (Wildman–Crippen LogP) is 5.19. The molecular weight excluding hydrogens is 436 g/mol. The van der Waals surface area contributed by atoms with Gasteiger partial charge < -0.3 is 4.74 Å². The lowest BCUT2D eigenvalue weighted by molar-refractivity contribution is 0.0594. The van der Waals surface area contributed by atoms with Crippen LogP contribution in [0.5, 0.6) is 0 Å². The normalized spacial score (nSPS) is 11.7. The van der Waals surface area contributed by atoms with E-state index in [1.54, 1.807) is 42.5 Å². The number of carbonyl (C=O) groups excluding carboxylic acids is 1. The molecule has 0 saturated heterocycles. The number of fused-ring (bicyclic) bond motifs is 3. The summed E-state index contributed by atoms with van der Waals surface area (Å²) in [6.07, 6.45) is 0. The number of ether oxygens (including phenoxy) is 1. The first kappa shape index (κ1) is 20.9. The maximum atomic E-state index is 13.9. The molecule has 0 saturated carbocycles. The third-order valence-electron chi connectivity index (χ3n) is 5.61. The summed E-state index contributed by atoms with van der Waals surface area (Å²) in [4.78, 5) is 17.2. The topological polar surface area (TPSA) is 78.3 Å². The van der Waals surface area contributed by atoms with Crippen LogP contribution in [0.1, 0.15) is 16.1 Å². The molecular formula is C26H20N2O4S. The monoisotopic (exact) mass is 456 g/mol. The Morgan fingerprint density at radius 2 is 1.55 bits per heavy atom. The van der Waals surface area contributed by atoms with Gasteiger partial charge in [-0.3, -0.25) is 0 Å². The quantitative estimate of drug-likeness (QED) is 0.348. The van der Waals surface area contributed by atoms with Crippen molar-refractivity contribution in [1.29, 1.82) is 0 Å². The number of aromatic nitrogens is 2. The van der Waals surface area contributed by atoms with Crippen LogP contribution in [0.15, 0.2) is 89.8 Å². The summed E-state index contributed by atoms with van der Waals surface area (Å²) in [6.45, 7) is 1.91. The minimum Gasteiger partial charge on any atom is -0.464 e. The van der Waals surface area contributed by atoms with Crippen LogP contribution in [0.25, 0.3) is 33.1 Å². The molecule has 0 fully saturated rings. The summed E-state index contributed by atoms with van der Waals surface area (Å²) >= 11 is 0. The van der Waals surface area contributed by atoms with Crippen molar-refractivity contribution in [3.63, 3.8) is 0 Å². The number of nitrogens with zero attached hydrogens (tertiary/aromatic N) is 2. The van der Waals surface area contributed by atoms with Gasteiger partial charge in [-0.1, -0.05) is 66.2 Å². The van der Waals surface area contributed by atoms with Crippen LogP contribution in [0.2, 0.25) is 0 Å². The van der Waals surface area contributed by atoms with Gasteiger partial charge in [-0.15, -0.1) is 0 Å². The van der Waals surface area contributed by atoms with Crippen LogP contribution in [-0.4, -0.2) is 30.5 Å². The number of carbonyl (C=O) groups is 1. The SMILES string of the molecule is COC(=O)c1cc2c3ccccc3n(S(=O)(=O)c3ccc(C)cc3)c2c(-c2ccccc2)n1. The molecule has 0 radical (unpaired) electrons. The molecule has 2 heterocycles. The fourth-order valence-corrected chi connectivity index (χ4v) is 5.55. The first-order valence-electron chi connectivity index (χ1n) is 10.3. The number of benzene rings is 3. The number of pyridine rings is 1. The molecule has 0 spiro atoms. The lowest BCUT2D eigenvalue weighted by atomic mass is 10.1. The van der Waals surface area contributed by atoms with E-state index in [1.165, 1.54) is 11.1 Å². The molecule has 0 N–H and O–H groups in total. The summed E-state index contributed by atoms with van der Waals surface area (Å²) in [5.41, 5.74) is 3.08. The molecule has 7 heteroatoms. The van der Waals surface area contributed by atoms with Gasteiger partial charge in [0.1, 0.15) is 5.69 Å². The smallest absolute Gasteiger partial charge is 0.356 e. The molecule has 0 bridgehead atoms. The van der Waals surface area contributed by atoms with Crippen LogP contribution >= 0.6 is 0 Å². The number of para-hydroxylation sites is 1. The Morgan fingerprint density at radius 1 is 0.879 bits per heavy atom. The van der Waals surface area contributed by atoms with Crippen molar-refractivity contribution in [3.05, 3.63) is 96.2 Å². The molecule has 5 rings (SSSR count). The Labute approximate surface area is 191 Å². The molecule has 0 aliphatic rings. The van der Waals surface area contributed by atoms with Crippen molar-refractivity contribution in [1.82, 2.24) is 8.96 Å². The zero-order valence-corrected chi connectivity index (χ0v) is 18.8. The summed E-state index contributed by atoms with van der Waals surface area (Å²) in [5, 5.41) is 1.31. The highest BCUT2D eigenvalue weighted by Crippen LogP contribution is 2.38. The lowest BCUT2D eigenvalue weighted by Crippen LogP contribution is -2.14. The van der Waals surface area contributed by atoms with Crippen molar-refractivity contribution < 1.29 is 17.9 Å². The fraction of sp³-hybridized carbons (Fsp3) is 0.0769. The van der Waals surface area contributed by atoms with Gasteiger partial charge in [0.2, 0.25) is 0 Å². The van der Waals surface area contributed by atoms with E-state index in [2.05, 4.69) is 4.98 Å². The number of hydrogen-bond donors (Lipinski definition) is 0. The molecule has 0 aliphatic heterocycles. The van der Waals surface area contributed by atoms with Gasteiger partial charge >= 0.3 is 5.97 Å². The van der Waals surface area contributed by atoms with Gasteiger partial charge in [0, 0.05) is 16.3 Å². The van der Waals surface area contributed by atoms with E-state index in [9.17, 15) is 13.2 Å². The number of hydrogen-bond acceptors (Lipinski definition) is 5. The number of methoxy groups -OCH3 is 1. The number of aryl methyl sites for hydroxylation is 1. The van der Waals surface area contributed by atoms with E-state index < -0.39 is 16.0 Å². The molecule has 0 aliphatic carbocycles. The van der Waals surface area contributed by atoms with Crippen LogP contribution in [0.4, 0.5) is 0 Å². The predicted molar refractivity (Wildman–Crippen MR) is 128 cm³/mol. The lowest BCUT2D eigenvalue weighted by Gasteiger charge is -2.13. The highest BCUT2D eigenvalue weighted by atomic mass is 32.2. The van der Waals surface area contributed by atoms with Crippen LogP contribution in [0, 0.1) is 6.92 Å². The van der Waals surface area contributed by atoms with Gasteiger partial charge in [-0.05, 0) is 31.2 Å². The zero-order chi connectivity index (χ0) is 23.2. The molecule has 164 valence electrons. The van der Waals surface area contributed by atoms with Crippen LogP contribution in [0.3, 0.4) is 0 Å². The van der Waals surface area contributed by atoms with E-state index >= 15 is 0 Å². The second-order valence-electron chi connectivity index (χ2n) is 7.71. The highest BCUT2D eigenvalue weighted by molar-refractivity contribution is 7.90. The number of esters is 1. The average Bonchev–Trinajstić information content (AvgIpc) is 3.19. The van der Waals surface area contributed by atoms with Crippen molar-refractivity contribution in [2.45, 2.75) is 11.8 Å². The molecule has 5 aromatic rings. The van der Waals surface area contributed by atoms with Crippen LogP contribution < -0.4 is 0 Å². The largest absolute Gasteiger partial charge is 0.464 e. The maximum Gasteiger partial charge on any atom is 0.356 e. The second-order valence-corrected chi connectivity index (χ2v) is 9.50. The molecule has 6 nitrogen and oxygen atoms in total. The first-order chi connectivity index (χ1) is 15.9. The van der Waals surface area contributed by atoms with E-state index in [1.807, 2.05) is 49.4 Å². The first-order valence-corrected chi connectivity index (χ1v) is 11.8. The van der Waals surface area contributed by atoms with Gasteiger partial charge in [0.15, 0.2) is 0 Å². The molecule has 2 aromatic heterocycles. The standard InChI is InChI=1S/C26H20N2O4S/c1-17-12-14-19(15-13-17)33(30,31)28-23-11-7-6-10-20(23)21-16-22(26(29)32-2)27-24(25(21)28)18-8-4-3-5-9-18/h3-16H,1-2H3. The van der Waals surface area contributed by atoms with Crippen molar-refractivity contribution in [3.8, 4) is 11.3 Å². The van der Waals surface area contributed by atoms with Crippen molar-refractivity contribution >= 4 is 37.8 Å². The van der Waals surface area contributed by atoms with Crippen molar-refractivity contribution in [2.75, 3.05) is 7.11 Å². The maximum absolute atomic E-state index is 13.9. The second kappa shape index (κ2) is 7.86. The Balaban J connectivity index is 1.97. The molecule has 0 unspecified atom stereocenters. The van der Waals surface area contributed by atoms with Crippen molar-refractivity contribution in [2.24, 2.45) is 0 Å². The molecule has 0 atom stereocenters. The Bertz CT molecular complexity index is 1620.